The van der Waals surface area contributed by atoms with Gasteiger partial charge in [-0.15, -0.1) is 0 Å². The third-order valence-electron chi connectivity index (χ3n) is 3.25. The third kappa shape index (κ3) is 1.64. The van der Waals surface area contributed by atoms with Gasteiger partial charge in [0, 0.05) is 22.6 Å². The molecule has 0 amide bonds. The molecular formula is C15H21N. The smallest absolute Gasteiger partial charge is 0.0487 e. The van der Waals surface area contributed by atoms with Crippen molar-refractivity contribution in [1.29, 1.82) is 0 Å². The second-order valence-corrected chi connectivity index (χ2v) is 5.18. The molecule has 1 heteroatoms. The van der Waals surface area contributed by atoms with Gasteiger partial charge >= 0.3 is 0 Å². The minimum absolute atomic E-state index is 0.528. The van der Waals surface area contributed by atoms with E-state index in [0.29, 0.717) is 12.0 Å². The molecule has 0 radical (unpaired) electrons. The number of fused-ring (bicyclic) bond motifs is 1. The highest BCUT2D eigenvalue weighted by atomic mass is 15.0. The Morgan fingerprint density at radius 3 is 2.31 bits per heavy atom. The van der Waals surface area contributed by atoms with Crippen molar-refractivity contribution in [3.05, 3.63) is 35.5 Å². The lowest BCUT2D eigenvalue weighted by Gasteiger charge is -2.13. The van der Waals surface area contributed by atoms with Crippen LogP contribution in [0.15, 0.2) is 24.3 Å². The van der Waals surface area contributed by atoms with Crippen LogP contribution in [-0.2, 0) is 0 Å². The second-order valence-electron chi connectivity index (χ2n) is 5.18. The lowest BCUT2D eigenvalue weighted by Crippen LogP contribution is -2.02. The summed E-state index contributed by atoms with van der Waals surface area (Å²) in [5.41, 5.74) is 4.19. The van der Waals surface area contributed by atoms with Crippen LogP contribution in [0.25, 0.3) is 10.9 Å². The van der Waals surface area contributed by atoms with Gasteiger partial charge in [-0.25, -0.2) is 0 Å². The van der Waals surface area contributed by atoms with Crippen LogP contribution >= 0.6 is 0 Å². The standard InChI is InChI=1S/C15H21N/c1-10(2)13-7-6-8-15-14(13)9-12(5)16(15)11(3)4/h6-11H,1-5H3. The molecular weight excluding hydrogens is 194 g/mol. The lowest BCUT2D eigenvalue weighted by molar-refractivity contribution is 0.608. The Hall–Kier alpha value is -1.24. The third-order valence-corrected chi connectivity index (χ3v) is 3.25. The molecule has 2 rings (SSSR count). The van der Waals surface area contributed by atoms with Gasteiger partial charge < -0.3 is 4.57 Å². The van der Waals surface area contributed by atoms with Gasteiger partial charge in [0.05, 0.1) is 0 Å². The summed E-state index contributed by atoms with van der Waals surface area (Å²) < 4.78 is 2.42. The molecule has 2 aromatic rings. The second kappa shape index (κ2) is 3.97. The lowest BCUT2D eigenvalue weighted by atomic mass is 9.99. The first-order valence-corrected chi connectivity index (χ1v) is 6.12. The van der Waals surface area contributed by atoms with Crippen LogP contribution in [0.3, 0.4) is 0 Å². The molecule has 0 aliphatic rings. The minimum atomic E-state index is 0.528. The van der Waals surface area contributed by atoms with Gasteiger partial charge in [-0.2, -0.15) is 0 Å². The first-order chi connectivity index (χ1) is 7.52. The van der Waals surface area contributed by atoms with E-state index in [0.717, 1.165) is 0 Å². The number of nitrogens with zero attached hydrogens (tertiary/aromatic N) is 1. The summed E-state index contributed by atoms with van der Waals surface area (Å²) >= 11 is 0. The van der Waals surface area contributed by atoms with E-state index >= 15 is 0 Å². The summed E-state index contributed by atoms with van der Waals surface area (Å²) in [6.07, 6.45) is 0. The number of aromatic nitrogens is 1. The Morgan fingerprint density at radius 1 is 1.06 bits per heavy atom. The van der Waals surface area contributed by atoms with Crippen LogP contribution in [-0.4, -0.2) is 4.57 Å². The minimum Gasteiger partial charge on any atom is -0.342 e. The zero-order valence-corrected chi connectivity index (χ0v) is 10.9. The molecule has 0 fully saturated rings. The molecule has 0 aliphatic carbocycles. The van der Waals surface area contributed by atoms with Crippen molar-refractivity contribution in [2.45, 2.75) is 46.6 Å². The number of hydrogen-bond acceptors (Lipinski definition) is 0. The summed E-state index contributed by atoms with van der Waals surface area (Å²) in [6, 6.07) is 9.51. The Bertz CT molecular complexity index is 503. The van der Waals surface area contributed by atoms with E-state index in [1.165, 1.54) is 22.2 Å². The quantitative estimate of drug-likeness (QED) is 0.687. The summed E-state index contributed by atoms with van der Waals surface area (Å²) in [5.74, 6) is 0.589. The molecule has 0 saturated carbocycles. The molecule has 1 aromatic carbocycles. The Balaban J connectivity index is 2.78. The van der Waals surface area contributed by atoms with Crippen molar-refractivity contribution in [3.63, 3.8) is 0 Å². The summed E-state index contributed by atoms with van der Waals surface area (Å²) in [5, 5.41) is 1.42. The number of hydrogen-bond donors (Lipinski definition) is 0. The van der Waals surface area contributed by atoms with Crippen LogP contribution in [0.2, 0.25) is 0 Å². The predicted molar refractivity (Wildman–Crippen MR) is 71.1 cm³/mol. The van der Waals surface area contributed by atoms with Gasteiger partial charge in [-0.05, 0) is 44.4 Å². The van der Waals surface area contributed by atoms with Crippen LogP contribution in [0.1, 0.15) is 50.9 Å². The van der Waals surface area contributed by atoms with Crippen molar-refractivity contribution < 1.29 is 0 Å². The average molecular weight is 215 g/mol. The maximum absolute atomic E-state index is 2.42. The summed E-state index contributed by atoms with van der Waals surface area (Å²) in [7, 11) is 0. The molecule has 86 valence electrons. The van der Waals surface area contributed by atoms with Crippen LogP contribution in [0.4, 0.5) is 0 Å². The number of rotatable bonds is 2. The zero-order chi connectivity index (χ0) is 11.9. The van der Waals surface area contributed by atoms with Gasteiger partial charge in [0.25, 0.3) is 0 Å². The highest BCUT2D eigenvalue weighted by molar-refractivity contribution is 5.85. The first kappa shape index (κ1) is 11.3. The van der Waals surface area contributed by atoms with E-state index in [9.17, 15) is 0 Å². The fraction of sp³-hybridized carbons (Fsp3) is 0.467. The molecule has 0 aliphatic heterocycles. The molecule has 1 heterocycles. The molecule has 1 aromatic heterocycles. The fourth-order valence-corrected chi connectivity index (χ4v) is 2.60. The summed E-state index contributed by atoms with van der Waals surface area (Å²) in [4.78, 5) is 0. The predicted octanol–water partition coefficient (Wildman–Crippen LogP) is 4.65. The molecule has 0 N–H and O–H groups in total. The van der Waals surface area contributed by atoms with Crippen LogP contribution in [0, 0.1) is 6.92 Å². The normalized spacial score (nSPS) is 11.9. The Labute approximate surface area is 98.1 Å². The topological polar surface area (TPSA) is 4.93 Å². The van der Waals surface area contributed by atoms with E-state index in [-0.39, 0.29) is 0 Å². The molecule has 0 bridgehead atoms. The van der Waals surface area contributed by atoms with Crippen molar-refractivity contribution in [3.8, 4) is 0 Å². The first-order valence-electron chi connectivity index (χ1n) is 6.12. The highest BCUT2D eigenvalue weighted by Crippen LogP contribution is 2.30. The maximum Gasteiger partial charge on any atom is 0.0487 e. The van der Waals surface area contributed by atoms with Crippen molar-refractivity contribution in [2.75, 3.05) is 0 Å². The Kier molecular flexibility index (Phi) is 2.79. The number of benzene rings is 1. The largest absolute Gasteiger partial charge is 0.342 e. The highest BCUT2D eigenvalue weighted by Gasteiger charge is 2.12. The Morgan fingerprint density at radius 2 is 1.75 bits per heavy atom. The van der Waals surface area contributed by atoms with Crippen LogP contribution in [0.5, 0.6) is 0 Å². The monoisotopic (exact) mass is 215 g/mol. The van der Waals surface area contributed by atoms with E-state index in [2.05, 4.69) is 63.5 Å². The number of aryl methyl sites for hydroxylation is 1. The molecule has 0 unspecified atom stereocenters. The van der Waals surface area contributed by atoms with Gasteiger partial charge in [-0.3, -0.25) is 0 Å². The van der Waals surface area contributed by atoms with Gasteiger partial charge in [0.15, 0.2) is 0 Å². The molecule has 0 spiro atoms. The van der Waals surface area contributed by atoms with Gasteiger partial charge in [0.2, 0.25) is 0 Å². The molecule has 0 atom stereocenters. The fourth-order valence-electron chi connectivity index (χ4n) is 2.60. The van der Waals surface area contributed by atoms with E-state index in [4.69, 9.17) is 0 Å². The van der Waals surface area contributed by atoms with Crippen LogP contribution < -0.4 is 0 Å². The maximum atomic E-state index is 2.42. The average Bonchev–Trinajstić information content (AvgIpc) is 2.52. The van der Waals surface area contributed by atoms with E-state index < -0.39 is 0 Å². The van der Waals surface area contributed by atoms with E-state index in [1.807, 2.05) is 0 Å². The molecule has 16 heavy (non-hydrogen) atoms. The van der Waals surface area contributed by atoms with Crippen molar-refractivity contribution in [2.24, 2.45) is 0 Å². The zero-order valence-electron chi connectivity index (χ0n) is 10.9. The van der Waals surface area contributed by atoms with Gasteiger partial charge in [-0.1, -0.05) is 26.0 Å². The van der Waals surface area contributed by atoms with Crippen molar-refractivity contribution in [1.82, 2.24) is 4.57 Å². The molecule has 0 saturated heterocycles. The van der Waals surface area contributed by atoms with Gasteiger partial charge in [0.1, 0.15) is 0 Å². The molecule has 1 nitrogen and oxygen atoms in total. The summed E-state index contributed by atoms with van der Waals surface area (Å²) in [6.45, 7) is 11.2. The van der Waals surface area contributed by atoms with E-state index in [1.54, 1.807) is 0 Å². The SMILES string of the molecule is Cc1cc2c(C(C)C)cccc2n1C(C)C. The van der Waals surface area contributed by atoms with Crippen molar-refractivity contribution >= 4 is 10.9 Å².